The van der Waals surface area contributed by atoms with Gasteiger partial charge in [0.15, 0.2) is 29.6 Å². The Hall–Kier alpha value is -4.14. The van der Waals surface area contributed by atoms with Crippen molar-refractivity contribution in [2.24, 2.45) is 0 Å². The first kappa shape index (κ1) is 27.7. The number of rotatable bonds is 5. The lowest BCUT2D eigenvalue weighted by atomic mass is 9.91. The van der Waals surface area contributed by atoms with Gasteiger partial charge in [-0.15, -0.1) is 5.10 Å². The molecule has 3 aromatic carbocycles. The molecule has 0 spiro atoms. The average Bonchev–Trinajstić information content (AvgIpc) is 3.70. The first-order chi connectivity index (χ1) is 20.9. The lowest BCUT2D eigenvalue weighted by Gasteiger charge is -2.47. The van der Waals surface area contributed by atoms with E-state index in [0.717, 1.165) is 17.7 Å². The van der Waals surface area contributed by atoms with Crippen molar-refractivity contribution in [3.8, 4) is 16.9 Å². The van der Waals surface area contributed by atoms with Crippen molar-refractivity contribution in [2.45, 2.75) is 36.7 Å². The van der Waals surface area contributed by atoms with Crippen LogP contribution in [-0.4, -0.2) is 59.8 Å². The van der Waals surface area contributed by atoms with Crippen molar-refractivity contribution in [2.75, 3.05) is 6.61 Å². The van der Waals surface area contributed by atoms with Crippen LogP contribution >= 0.6 is 11.6 Å². The molecule has 6 atom stereocenters. The highest BCUT2D eigenvalue weighted by atomic mass is 35.5. The zero-order chi connectivity index (χ0) is 29.7. The van der Waals surface area contributed by atoms with Gasteiger partial charge in [0, 0.05) is 16.1 Å². The molecular formula is C29H22ClF3N6O4. The second kappa shape index (κ2) is 11.2. The molecule has 0 radical (unpaired) electrons. The molecule has 2 aliphatic heterocycles. The number of benzene rings is 3. The molecular weight excluding hydrogens is 589 g/mol. The average molecular weight is 611 g/mol. The summed E-state index contributed by atoms with van der Waals surface area (Å²) in [6.07, 6.45) is -1.90. The fourth-order valence-corrected chi connectivity index (χ4v) is 5.61. The Balaban J connectivity index is 1.28. The summed E-state index contributed by atoms with van der Waals surface area (Å²) in [5.74, 6) is -4.04. The Morgan fingerprint density at radius 2 is 1.74 bits per heavy atom. The molecule has 2 aliphatic rings. The molecule has 10 nitrogen and oxygen atoms in total. The SMILES string of the molecule is O[C@@H]1[C@@H](n2cc(-c3cc(F)c(F)c(F)c3)nn2)[C@H]2O[C@@H](c3ccccc3)OC[C@H]2O[C@H]1c1ncnn1-c1cccc(Cl)c1. The lowest BCUT2D eigenvalue weighted by Crippen LogP contribution is -2.57. The van der Waals surface area contributed by atoms with Crippen molar-refractivity contribution >= 4 is 11.6 Å². The number of hydrogen-bond acceptors (Lipinski definition) is 8. The first-order valence-electron chi connectivity index (χ1n) is 13.3. The number of ether oxygens (including phenoxy) is 3. The highest BCUT2D eigenvalue weighted by molar-refractivity contribution is 6.30. The largest absolute Gasteiger partial charge is 0.388 e. The van der Waals surface area contributed by atoms with Crippen LogP contribution in [0.3, 0.4) is 0 Å². The topological polar surface area (TPSA) is 109 Å². The van der Waals surface area contributed by atoms with Gasteiger partial charge in [0.1, 0.15) is 42.5 Å². The normalized spacial score (nSPS) is 25.4. The third kappa shape index (κ3) is 5.08. The third-order valence-corrected chi connectivity index (χ3v) is 7.66. The minimum Gasteiger partial charge on any atom is -0.388 e. The van der Waals surface area contributed by atoms with Crippen molar-refractivity contribution in [1.82, 2.24) is 29.8 Å². The van der Waals surface area contributed by atoms with Crippen LogP contribution in [0.2, 0.25) is 5.02 Å². The van der Waals surface area contributed by atoms with Crippen LogP contribution < -0.4 is 0 Å². The van der Waals surface area contributed by atoms with Crippen LogP contribution in [0.5, 0.6) is 0 Å². The van der Waals surface area contributed by atoms with Crippen LogP contribution in [-0.2, 0) is 14.2 Å². The monoisotopic (exact) mass is 610 g/mol. The van der Waals surface area contributed by atoms with Crippen LogP contribution in [0.4, 0.5) is 13.2 Å². The summed E-state index contributed by atoms with van der Waals surface area (Å²) in [6.45, 7) is 0.102. The summed E-state index contributed by atoms with van der Waals surface area (Å²) >= 11 is 6.21. The summed E-state index contributed by atoms with van der Waals surface area (Å²) in [6, 6.07) is 16.9. The standard InChI is InChI=1S/C29H22ClF3N6O4/c30-17-7-4-8-18(11-17)39-28(34-14-35-39)27-25(40)24(26-22(42-27)13-41-29(43-26)15-5-2-1-3-6-15)38-12-21(36-37-38)16-9-19(31)23(33)20(32)10-16/h1-12,14,22,24-27,29,40H,13H2/t22-,24-,25-,26+,27-,29+/m1/s1. The number of aliphatic hydroxyl groups excluding tert-OH is 1. The third-order valence-electron chi connectivity index (χ3n) is 7.43. The predicted molar refractivity (Wildman–Crippen MR) is 144 cm³/mol. The maximum Gasteiger partial charge on any atom is 0.194 e. The molecule has 0 saturated carbocycles. The van der Waals surface area contributed by atoms with Gasteiger partial charge in [0.2, 0.25) is 0 Å². The Labute approximate surface area is 247 Å². The van der Waals surface area contributed by atoms with Gasteiger partial charge in [-0.05, 0) is 30.3 Å². The van der Waals surface area contributed by atoms with E-state index in [-0.39, 0.29) is 23.7 Å². The molecule has 0 unspecified atom stereocenters. The summed E-state index contributed by atoms with van der Waals surface area (Å²) in [7, 11) is 0. The number of halogens is 4. The number of hydrogen-bond donors (Lipinski definition) is 1. The molecule has 2 aromatic heterocycles. The molecule has 2 fully saturated rings. The molecule has 7 rings (SSSR count). The van der Waals surface area contributed by atoms with Crippen molar-refractivity contribution in [3.05, 3.63) is 113 Å². The molecule has 0 aliphatic carbocycles. The minimum absolute atomic E-state index is 0.0342. The smallest absolute Gasteiger partial charge is 0.194 e. The van der Waals surface area contributed by atoms with E-state index < -0.39 is 54.2 Å². The van der Waals surface area contributed by atoms with Gasteiger partial charge in [0.05, 0.1) is 18.5 Å². The minimum atomic E-state index is -1.59. The van der Waals surface area contributed by atoms with Gasteiger partial charge in [-0.2, -0.15) is 5.10 Å². The van der Waals surface area contributed by atoms with E-state index in [1.165, 1.54) is 21.9 Å². The van der Waals surface area contributed by atoms with Gasteiger partial charge >= 0.3 is 0 Å². The molecule has 220 valence electrons. The number of nitrogens with zero attached hydrogens (tertiary/aromatic N) is 6. The summed E-state index contributed by atoms with van der Waals surface area (Å²) in [5, 5.41) is 24.9. The maximum absolute atomic E-state index is 14.0. The Kier molecular flexibility index (Phi) is 7.19. The molecule has 4 heterocycles. The molecule has 2 saturated heterocycles. The van der Waals surface area contributed by atoms with Crippen LogP contribution in [0.15, 0.2) is 79.3 Å². The van der Waals surface area contributed by atoms with Crippen molar-refractivity contribution in [1.29, 1.82) is 0 Å². The van der Waals surface area contributed by atoms with E-state index in [0.29, 0.717) is 10.7 Å². The maximum atomic E-state index is 14.0. The van der Waals surface area contributed by atoms with E-state index in [1.807, 2.05) is 30.3 Å². The van der Waals surface area contributed by atoms with Crippen LogP contribution in [0.25, 0.3) is 16.9 Å². The molecule has 0 bridgehead atoms. The van der Waals surface area contributed by atoms with Gasteiger partial charge in [-0.1, -0.05) is 53.2 Å². The summed E-state index contributed by atoms with van der Waals surface area (Å²) < 4.78 is 63.2. The molecule has 43 heavy (non-hydrogen) atoms. The van der Waals surface area contributed by atoms with Crippen LogP contribution in [0, 0.1) is 17.5 Å². The predicted octanol–water partition coefficient (Wildman–Crippen LogP) is 4.75. The number of fused-ring (bicyclic) bond motifs is 1. The van der Waals surface area contributed by atoms with E-state index >= 15 is 0 Å². The second-order valence-corrected chi connectivity index (χ2v) is 10.5. The Bertz CT molecular complexity index is 1750. The van der Waals surface area contributed by atoms with Gasteiger partial charge < -0.3 is 19.3 Å². The van der Waals surface area contributed by atoms with Gasteiger partial charge in [-0.25, -0.2) is 27.5 Å². The highest BCUT2D eigenvalue weighted by Gasteiger charge is 2.52. The summed E-state index contributed by atoms with van der Waals surface area (Å²) in [4.78, 5) is 4.38. The number of aromatic nitrogens is 6. The van der Waals surface area contributed by atoms with Crippen molar-refractivity contribution < 1.29 is 32.5 Å². The number of aliphatic hydroxyl groups is 1. The molecule has 0 amide bonds. The van der Waals surface area contributed by atoms with E-state index in [9.17, 15) is 18.3 Å². The highest BCUT2D eigenvalue weighted by Crippen LogP contribution is 2.44. The second-order valence-electron chi connectivity index (χ2n) is 10.1. The van der Waals surface area contributed by atoms with E-state index in [2.05, 4.69) is 20.4 Å². The molecule has 14 heteroatoms. The zero-order valence-electron chi connectivity index (χ0n) is 22.0. The molecule has 1 N–H and O–H groups in total. The fourth-order valence-electron chi connectivity index (χ4n) is 5.42. The quantitative estimate of drug-likeness (QED) is 0.284. The van der Waals surface area contributed by atoms with Crippen molar-refractivity contribution in [3.63, 3.8) is 0 Å². The lowest BCUT2D eigenvalue weighted by molar-refractivity contribution is -0.319. The Morgan fingerprint density at radius 1 is 0.953 bits per heavy atom. The van der Waals surface area contributed by atoms with E-state index in [4.69, 9.17) is 25.8 Å². The summed E-state index contributed by atoms with van der Waals surface area (Å²) in [5.41, 5.74) is 1.37. The molecule has 5 aromatic rings. The fraction of sp³-hybridized carbons (Fsp3) is 0.241. The van der Waals surface area contributed by atoms with Crippen LogP contribution in [0.1, 0.15) is 29.8 Å². The van der Waals surface area contributed by atoms with Gasteiger partial charge in [0.25, 0.3) is 0 Å². The first-order valence-corrected chi connectivity index (χ1v) is 13.6. The van der Waals surface area contributed by atoms with E-state index in [1.54, 1.807) is 24.3 Å². The Morgan fingerprint density at radius 3 is 2.51 bits per heavy atom. The zero-order valence-corrected chi connectivity index (χ0v) is 22.8. The van der Waals surface area contributed by atoms with Gasteiger partial charge in [-0.3, -0.25) is 0 Å².